The number of nitrogens with zero attached hydrogens (tertiary/aromatic N) is 4. The Bertz CT molecular complexity index is 1320. The Balaban J connectivity index is 2.05. The molecular weight excluding hydrogens is 442 g/mol. The van der Waals surface area contributed by atoms with E-state index in [4.69, 9.17) is 20.3 Å². The summed E-state index contributed by atoms with van der Waals surface area (Å²) in [6.07, 6.45) is 2.48. The van der Waals surface area contributed by atoms with Crippen LogP contribution in [0.25, 0.3) is 10.9 Å². The van der Waals surface area contributed by atoms with Crippen molar-refractivity contribution >= 4 is 38.7 Å². The number of hydrogen-bond acceptors (Lipinski definition) is 10. The van der Waals surface area contributed by atoms with Gasteiger partial charge in [-0.25, -0.2) is 28.5 Å². The van der Waals surface area contributed by atoms with Crippen molar-refractivity contribution in [1.29, 1.82) is 0 Å². The Morgan fingerprint density at radius 3 is 2.53 bits per heavy atom. The minimum atomic E-state index is -3.72. The number of amides is 1. The molecule has 2 aromatic heterocycles. The molecule has 0 spiro atoms. The number of aromatic nitrogens is 4. The van der Waals surface area contributed by atoms with Gasteiger partial charge in [0.2, 0.25) is 21.9 Å². The molecule has 0 unspecified atom stereocenters. The molecule has 14 heteroatoms. The number of sulfonamides is 1. The van der Waals surface area contributed by atoms with Crippen LogP contribution in [0.1, 0.15) is 17.3 Å². The van der Waals surface area contributed by atoms with Crippen molar-refractivity contribution in [3.63, 3.8) is 0 Å². The molecule has 0 fully saturated rings. The molecule has 0 aliphatic carbocycles. The summed E-state index contributed by atoms with van der Waals surface area (Å²) in [5.41, 5.74) is 5.25. The molecule has 3 aromatic rings. The highest BCUT2D eigenvalue weighted by atomic mass is 32.2. The second-order valence-corrected chi connectivity index (χ2v) is 8.21. The normalized spacial score (nSPS) is 11.3. The largest absolute Gasteiger partial charge is 0.491 e. The number of benzene rings is 1. The summed E-state index contributed by atoms with van der Waals surface area (Å²) in [6.45, 7) is 1.72. The van der Waals surface area contributed by atoms with Gasteiger partial charge in [-0.1, -0.05) is 0 Å². The molecule has 170 valence electrons. The lowest BCUT2D eigenvalue weighted by Crippen LogP contribution is -2.27. The molecule has 3 rings (SSSR count). The van der Waals surface area contributed by atoms with E-state index in [1.54, 1.807) is 6.92 Å². The van der Waals surface area contributed by atoms with E-state index in [-0.39, 0.29) is 53.0 Å². The first-order valence-electron chi connectivity index (χ1n) is 9.28. The SMILES string of the molecule is CCn1c(NC(=O)c2cnc(N)nc2)nc2c(OC)c(OCCS(N)(=O)=O)ccc2c1=O. The summed E-state index contributed by atoms with van der Waals surface area (Å²) in [7, 11) is -2.38. The van der Waals surface area contributed by atoms with Gasteiger partial charge < -0.3 is 15.2 Å². The molecule has 1 amide bonds. The molecule has 0 radical (unpaired) electrons. The molecule has 2 heterocycles. The van der Waals surface area contributed by atoms with Crippen molar-refractivity contribution in [1.82, 2.24) is 19.5 Å². The van der Waals surface area contributed by atoms with Gasteiger partial charge in [-0.2, -0.15) is 0 Å². The third-order valence-electron chi connectivity index (χ3n) is 4.35. The molecule has 32 heavy (non-hydrogen) atoms. The summed E-state index contributed by atoms with van der Waals surface area (Å²) in [5, 5.41) is 7.77. The third-order valence-corrected chi connectivity index (χ3v) is 5.09. The van der Waals surface area contributed by atoms with Gasteiger partial charge in [0, 0.05) is 18.9 Å². The number of nitrogens with two attached hydrogens (primary N) is 2. The van der Waals surface area contributed by atoms with Crippen LogP contribution in [0, 0.1) is 0 Å². The third kappa shape index (κ3) is 4.92. The van der Waals surface area contributed by atoms with Crippen molar-refractivity contribution in [2.24, 2.45) is 5.14 Å². The highest BCUT2D eigenvalue weighted by Gasteiger charge is 2.19. The van der Waals surface area contributed by atoms with E-state index in [1.807, 2.05) is 0 Å². The molecule has 13 nitrogen and oxygen atoms in total. The predicted molar refractivity (Wildman–Crippen MR) is 116 cm³/mol. The summed E-state index contributed by atoms with van der Waals surface area (Å²) in [6, 6.07) is 2.95. The van der Waals surface area contributed by atoms with Crippen LogP contribution in [-0.2, 0) is 16.6 Å². The Morgan fingerprint density at radius 2 is 1.94 bits per heavy atom. The minimum Gasteiger partial charge on any atom is -0.491 e. The van der Waals surface area contributed by atoms with Crippen molar-refractivity contribution in [2.45, 2.75) is 13.5 Å². The minimum absolute atomic E-state index is 0.00977. The number of primary sulfonamides is 1. The second kappa shape index (κ2) is 9.15. The first kappa shape index (κ1) is 22.9. The number of carbonyl (C=O) groups excluding carboxylic acids is 1. The van der Waals surface area contributed by atoms with Crippen LogP contribution in [0.5, 0.6) is 11.5 Å². The highest BCUT2D eigenvalue weighted by molar-refractivity contribution is 7.89. The van der Waals surface area contributed by atoms with Gasteiger partial charge in [0.25, 0.3) is 11.5 Å². The molecule has 0 saturated heterocycles. The Morgan fingerprint density at radius 1 is 1.25 bits per heavy atom. The molecule has 0 saturated carbocycles. The Kier molecular flexibility index (Phi) is 6.55. The van der Waals surface area contributed by atoms with Crippen LogP contribution < -0.4 is 31.2 Å². The zero-order chi connectivity index (χ0) is 23.5. The average molecular weight is 463 g/mol. The van der Waals surface area contributed by atoms with Gasteiger partial charge in [0.1, 0.15) is 12.1 Å². The fraction of sp³-hybridized carbons (Fsp3) is 0.278. The maximum atomic E-state index is 13.0. The number of methoxy groups -OCH3 is 1. The number of anilines is 2. The van der Waals surface area contributed by atoms with Crippen LogP contribution in [0.4, 0.5) is 11.9 Å². The number of ether oxygens (including phenoxy) is 2. The quantitative estimate of drug-likeness (QED) is 0.399. The smallest absolute Gasteiger partial charge is 0.262 e. The van der Waals surface area contributed by atoms with Crippen molar-refractivity contribution in [3.05, 3.63) is 40.4 Å². The Labute approximate surface area is 182 Å². The van der Waals surface area contributed by atoms with E-state index in [9.17, 15) is 18.0 Å². The number of hydrogen-bond donors (Lipinski definition) is 3. The van der Waals surface area contributed by atoms with Crippen molar-refractivity contribution in [2.75, 3.05) is 30.5 Å². The van der Waals surface area contributed by atoms with Gasteiger partial charge >= 0.3 is 0 Å². The average Bonchev–Trinajstić information content (AvgIpc) is 2.73. The monoisotopic (exact) mass is 463 g/mol. The maximum Gasteiger partial charge on any atom is 0.262 e. The lowest BCUT2D eigenvalue weighted by Gasteiger charge is -2.16. The zero-order valence-corrected chi connectivity index (χ0v) is 18.0. The van der Waals surface area contributed by atoms with E-state index in [0.29, 0.717) is 0 Å². The van der Waals surface area contributed by atoms with Gasteiger partial charge in [0.05, 0.1) is 23.8 Å². The second-order valence-electron chi connectivity index (χ2n) is 6.48. The standard InChI is InChI=1S/C18H21N7O6S/c1-3-25-16(27)11-4-5-12(31-6-7-32(20,28)29)14(30-2)13(11)23-18(25)24-15(26)10-8-21-17(19)22-9-10/h4-5,8-9H,3,6-7H2,1-2H3,(H2,19,21,22)(H2,20,28,29)(H,23,24,26). The lowest BCUT2D eigenvalue weighted by molar-refractivity contribution is 0.102. The van der Waals surface area contributed by atoms with Crippen LogP contribution in [0.15, 0.2) is 29.3 Å². The predicted octanol–water partition coefficient (Wildman–Crippen LogP) is -0.283. The number of nitrogen functional groups attached to an aromatic ring is 1. The number of rotatable bonds is 8. The molecular formula is C18H21N7O6S. The summed E-state index contributed by atoms with van der Waals surface area (Å²) in [5.74, 6) is -0.776. The van der Waals surface area contributed by atoms with Crippen LogP contribution >= 0.6 is 0 Å². The van der Waals surface area contributed by atoms with Crippen molar-refractivity contribution in [3.8, 4) is 11.5 Å². The zero-order valence-electron chi connectivity index (χ0n) is 17.2. The molecule has 0 aliphatic heterocycles. The lowest BCUT2D eigenvalue weighted by atomic mass is 10.2. The van der Waals surface area contributed by atoms with E-state index >= 15 is 0 Å². The molecule has 1 aromatic carbocycles. The highest BCUT2D eigenvalue weighted by Crippen LogP contribution is 2.34. The van der Waals surface area contributed by atoms with E-state index < -0.39 is 27.2 Å². The van der Waals surface area contributed by atoms with E-state index in [0.717, 1.165) is 0 Å². The number of nitrogens with one attached hydrogen (secondary N) is 1. The van der Waals surface area contributed by atoms with Gasteiger partial charge in [-0.05, 0) is 19.1 Å². The van der Waals surface area contributed by atoms with Crippen LogP contribution in [0.3, 0.4) is 0 Å². The molecule has 0 atom stereocenters. The summed E-state index contributed by atoms with van der Waals surface area (Å²) < 4.78 is 34.4. The fourth-order valence-corrected chi connectivity index (χ4v) is 3.16. The first-order valence-corrected chi connectivity index (χ1v) is 11.0. The van der Waals surface area contributed by atoms with Crippen molar-refractivity contribution < 1.29 is 22.7 Å². The first-order chi connectivity index (χ1) is 15.1. The molecule has 5 N–H and O–H groups in total. The summed E-state index contributed by atoms with van der Waals surface area (Å²) in [4.78, 5) is 37.5. The molecule has 0 aliphatic rings. The van der Waals surface area contributed by atoms with Gasteiger partial charge in [-0.15, -0.1) is 0 Å². The topological polar surface area (TPSA) is 194 Å². The van der Waals surface area contributed by atoms with Gasteiger partial charge in [0.15, 0.2) is 11.5 Å². The maximum absolute atomic E-state index is 13.0. The van der Waals surface area contributed by atoms with E-state index in [1.165, 1.54) is 36.2 Å². The summed E-state index contributed by atoms with van der Waals surface area (Å²) >= 11 is 0. The fourth-order valence-electron chi connectivity index (χ4n) is 2.84. The van der Waals surface area contributed by atoms with E-state index in [2.05, 4.69) is 20.3 Å². The number of fused-ring (bicyclic) bond motifs is 1. The Hall–Kier alpha value is -3.78. The number of carbonyl (C=O) groups is 1. The van der Waals surface area contributed by atoms with Crippen LogP contribution in [-0.4, -0.2) is 53.3 Å². The molecule has 0 bridgehead atoms. The van der Waals surface area contributed by atoms with Gasteiger partial charge in [-0.3, -0.25) is 19.5 Å². The van der Waals surface area contributed by atoms with Crippen LogP contribution in [0.2, 0.25) is 0 Å².